The Morgan fingerprint density at radius 1 is 1.45 bits per heavy atom. The predicted octanol–water partition coefficient (Wildman–Crippen LogP) is -0.209. The van der Waals surface area contributed by atoms with E-state index in [4.69, 9.17) is 5.73 Å². The van der Waals surface area contributed by atoms with Crippen molar-refractivity contribution in [1.82, 2.24) is 19.7 Å². The quantitative estimate of drug-likeness (QED) is 0.591. The lowest BCUT2D eigenvalue weighted by atomic mass is 10.2. The van der Waals surface area contributed by atoms with Crippen LogP contribution in [0.1, 0.15) is 15.4 Å². The smallest absolute Gasteiger partial charge is 0.329 e. The van der Waals surface area contributed by atoms with Gasteiger partial charge >= 0.3 is 5.69 Å². The minimum absolute atomic E-state index is 0.000116. The van der Waals surface area contributed by atoms with Gasteiger partial charge in [-0.3, -0.25) is 19.1 Å². The van der Waals surface area contributed by atoms with Gasteiger partial charge in [0.2, 0.25) is 0 Å². The van der Waals surface area contributed by atoms with Crippen LogP contribution in [0.25, 0.3) is 0 Å². The molecule has 0 fully saturated rings. The molecular formula is C10H11N5O3S2. The number of rotatable bonds is 4. The van der Waals surface area contributed by atoms with Crippen molar-refractivity contribution in [3.05, 3.63) is 31.4 Å². The van der Waals surface area contributed by atoms with Gasteiger partial charge < -0.3 is 5.73 Å². The number of ketones is 1. The molecule has 0 saturated heterocycles. The highest BCUT2D eigenvalue weighted by Gasteiger charge is 2.18. The van der Waals surface area contributed by atoms with E-state index < -0.39 is 17.0 Å². The minimum atomic E-state index is -0.773. The average molecular weight is 313 g/mol. The van der Waals surface area contributed by atoms with E-state index in [0.717, 1.165) is 9.57 Å². The predicted molar refractivity (Wildman–Crippen MR) is 76.4 cm³/mol. The number of carbonyl (C=O) groups excluding carboxylic acids is 1. The first-order valence-electron chi connectivity index (χ1n) is 5.45. The van der Waals surface area contributed by atoms with Crippen molar-refractivity contribution >= 4 is 34.7 Å². The van der Waals surface area contributed by atoms with Crippen LogP contribution >= 0.6 is 23.1 Å². The molecule has 20 heavy (non-hydrogen) atoms. The molecule has 106 valence electrons. The fraction of sp³-hybridized carbons (Fsp3) is 0.300. The molecule has 0 radical (unpaired) electrons. The number of anilines is 1. The van der Waals surface area contributed by atoms with Crippen LogP contribution in [0.15, 0.2) is 13.9 Å². The highest BCUT2D eigenvalue weighted by molar-refractivity contribution is 8.01. The number of nitrogens with two attached hydrogens (primary N) is 1. The molecule has 0 aliphatic heterocycles. The molecule has 0 aliphatic rings. The van der Waals surface area contributed by atoms with Crippen molar-refractivity contribution in [2.45, 2.75) is 11.3 Å². The summed E-state index contributed by atoms with van der Waals surface area (Å²) in [6, 6.07) is 0. The topological polar surface area (TPSA) is 124 Å². The maximum atomic E-state index is 12.1. The summed E-state index contributed by atoms with van der Waals surface area (Å²) in [5.74, 6) is -0.602. The molecule has 3 N–H and O–H groups in total. The normalized spacial score (nSPS) is 10.7. The Hall–Kier alpha value is -1.94. The molecule has 2 heterocycles. The maximum absolute atomic E-state index is 12.1. The lowest BCUT2D eigenvalue weighted by Gasteiger charge is -2.06. The number of H-pyrrole nitrogens is 1. The molecule has 2 aromatic heterocycles. The fourth-order valence-corrected chi connectivity index (χ4v) is 3.13. The van der Waals surface area contributed by atoms with Gasteiger partial charge in [-0.2, -0.15) is 0 Å². The molecule has 0 saturated carbocycles. The molecule has 10 heteroatoms. The summed E-state index contributed by atoms with van der Waals surface area (Å²) in [5, 5.41) is 8.48. The maximum Gasteiger partial charge on any atom is 0.329 e. The summed E-state index contributed by atoms with van der Waals surface area (Å²) in [7, 11) is 1.38. The second kappa shape index (κ2) is 5.59. The Labute approximate surface area is 121 Å². The van der Waals surface area contributed by atoms with Gasteiger partial charge in [0.25, 0.3) is 5.56 Å². The SMILES string of the molecule is Cc1nnc(SCC(=O)c2c(N)n(C)c(=O)[nH]c2=O)s1. The summed E-state index contributed by atoms with van der Waals surface area (Å²) in [6.45, 7) is 1.80. The number of nitrogens with one attached hydrogen (secondary N) is 1. The van der Waals surface area contributed by atoms with E-state index in [-0.39, 0.29) is 17.1 Å². The number of nitrogens with zero attached hydrogens (tertiary/aromatic N) is 3. The van der Waals surface area contributed by atoms with Crippen LogP contribution in [0.4, 0.5) is 5.82 Å². The molecule has 0 aliphatic carbocycles. The molecule has 0 aromatic carbocycles. The molecule has 0 amide bonds. The summed E-state index contributed by atoms with van der Waals surface area (Å²) < 4.78 is 1.66. The monoisotopic (exact) mass is 313 g/mol. The fourth-order valence-electron chi connectivity index (χ4n) is 1.44. The second-order valence-electron chi connectivity index (χ2n) is 3.88. The van der Waals surface area contributed by atoms with Gasteiger partial charge in [-0.25, -0.2) is 4.79 Å². The van der Waals surface area contributed by atoms with Crippen molar-refractivity contribution in [1.29, 1.82) is 0 Å². The third kappa shape index (κ3) is 2.80. The Balaban J connectivity index is 2.24. The molecular weight excluding hydrogens is 302 g/mol. The molecule has 0 bridgehead atoms. The number of aryl methyl sites for hydroxylation is 1. The second-order valence-corrected chi connectivity index (χ2v) is 6.28. The van der Waals surface area contributed by atoms with Gasteiger partial charge in [0.05, 0.1) is 5.75 Å². The zero-order valence-corrected chi connectivity index (χ0v) is 12.3. The first-order chi connectivity index (χ1) is 9.40. The lowest BCUT2D eigenvalue weighted by Crippen LogP contribution is -2.35. The average Bonchev–Trinajstić information content (AvgIpc) is 2.79. The number of hydrogen-bond donors (Lipinski definition) is 2. The van der Waals surface area contributed by atoms with E-state index in [0.29, 0.717) is 4.34 Å². The number of Topliss-reactive ketones (excluding diaryl/α,β-unsaturated/α-hetero) is 1. The van der Waals surface area contributed by atoms with Gasteiger partial charge in [-0.15, -0.1) is 10.2 Å². The van der Waals surface area contributed by atoms with Crippen molar-refractivity contribution in [2.24, 2.45) is 7.05 Å². The highest BCUT2D eigenvalue weighted by Crippen LogP contribution is 2.22. The van der Waals surface area contributed by atoms with E-state index in [1.807, 2.05) is 4.98 Å². The summed E-state index contributed by atoms with van der Waals surface area (Å²) >= 11 is 2.53. The number of carbonyl (C=O) groups is 1. The van der Waals surface area contributed by atoms with Crippen molar-refractivity contribution in [3.63, 3.8) is 0 Å². The van der Waals surface area contributed by atoms with Crippen molar-refractivity contribution in [2.75, 3.05) is 11.5 Å². The molecule has 8 nitrogen and oxygen atoms in total. The number of nitrogen functional groups attached to an aromatic ring is 1. The van der Waals surface area contributed by atoms with Crippen LogP contribution in [0, 0.1) is 6.92 Å². The first kappa shape index (κ1) is 14.5. The van der Waals surface area contributed by atoms with Crippen LogP contribution < -0.4 is 17.0 Å². The number of thioether (sulfide) groups is 1. The van der Waals surface area contributed by atoms with Crippen LogP contribution in [0.2, 0.25) is 0 Å². The van der Waals surface area contributed by atoms with Gasteiger partial charge in [0.1, 0.15) is 16.4 Å². The molecule has 0 unspecified atom stereocenters. The van der Waals surface area contributed by atoms with E-state index in [2.05, 4.69) is 10.2 Å². The van der Waals surface area contributed by atoms with Gasteiger partial charge in [0.15, 0.2) is 10.1 Å². The molecule has 0 spiro atoms. The van der Waals surface area contributed by atoms with Crippen molar-refractivity contribution < 1.29 is 4.79 Å². The highest BCUT2D eigenvalue weighted by atomic mass is 32.2. The Bertz CT molecular complexity index is 776. The molecule has 2 aromatic rings. The first-order valence-corrected chi connectivity index (χ1v) is 7.25. The zero-order chi connectivity index (χ0) is 14.9. The number of aromatic amines is 1. The third-order valence-corrected chi connectivity index (χ3v) is 4.45. The summed E-state index contributed by atoms with van der Waals surface area (Å²) in [6.07, 6.45) is 0. The van der Waals surface area contributed by atoms with Gasteiger partial charge in [-0.05, 0) is 6.92 Å². The lowest BCUT2D eigenvalue weighted by molar-refractivity contribution is 0.102. The van der Waals surface area contributed by atoms with Crippen LogP contribution in [0.3, 0.4) is 0 Å². The Morgan fingerprint density at radius 3 is 2.75 bits per heavy atom. The summed E-state index contributed by atoms with van der Waals surface area (Å²) in [4.78, 5) is 37.1. The van der Waals surface area contributed by atoms with Crippen LogP contribution in [-0.4, -0.2) is 31.3 Å². The van der Waals surface area contributed by atoms with E-state index in [1.54, 1.807) is 6.92 Å². The summed E-state index contributed by atoms with van der Waals surface area (Å²) in [5.41, 5.74) is 4.01. The number of aromatic nitrogens is 4. The Kier molecular flexibility index (Phi) is 4.04. The molecule has 2 rings (SSSR count). The van der Waals surface area contributed by atoms with E-state index >= 15 is 0 Å². The molecule has 0 atom stereocenters. The number of hydrogen-bond acceptors (Lipinski definition) is 8. The minimum Gasteiger partial charge on any atom is -0.384 e. The largest absolute Gasteiger partial charge is 0.384 e. The van der Waals surface area contributed by atoms with E-state index in [9.17, 15) is 14.4 Å². The van der Waals surface area contributed by atoms with E-state index in [1.165, 1.54) is 30.1 Å². The van der Waals surface area contributed by atoms with Crippen LogP contribution in [-0.2, 0) is 7.05 Å². The van der Waals surface area contributed by atoms with Gasteiger partial charge in [0, 0.05) is 7.05 Å². The third-order valence-electron chi connectivity index (χ3n) is 2.48. The van der Waals surface area contributed by atoms with Crippen molar-refractivity contribution in [3.8, 4) is 0 Å². The van der Waals surface area contributed by atoms with Gasteiger partial charge in [-0.1, -0.05) is 23.1 Å². The standard InChI is InChI=1S/C10H11N5O3S2/c1-4-13-14-10(20-4)19-3-5(16)6-7(11)15(2)9(18)12-8(6)17/h3,11H2,1-2H3,(H,12,17,18). The Morgan fingerprint density at radius 2 is 2.15 bits per heavy atom. The zero-order valence-electron chi connectivity index (χ0n) is 10.7. The van der Waals surface area contributed by atoms with Crippen LogP contribution in [0.5, 0.6) is 0 Å².